The summed E-state index contributed by atoms with van der Waals surface area (Å²) in [6.07, 6.45) is 5.43. The molecule has 0 unspecified atom stereocenters. The Labute approximate surface area is 96.9 Å². The van der Waals surface area contributed by atoms with E-state index in [1.54, 1.807) is 6.20 Å². The van der Waals surface area contributed by atoms with Crippen molar-refractivity contribution in [2.24, 2.45) is 0 Å². The van der Waals surface area contributed by atoms with Crippen molar-refractivity contribution in [3.63, 3.8) is 0 Å². The summed E-state index contributed by atoms with van der Waals surface area (Å²) < 4.78 is 0. The van der Waals surface area contributed by atoms with E-state index in [9.17, 15) is 5.11 Å². The molecule has 1 aliphatic carbocycles. The fourth-order valence-electron chi connectivity index (χ4n) is 2.48. The molecule has 0 radical (unpaired) electrons. The molecule has 0 amide bonds. The van der Waals surface area contributed by atoms with Gasteiger partial charge in [-0.1, -0.05) is 13.0 Å². The maximum atomic E-state index is 10.5. The molecular weight excluding hydrogens is 200 g/mol. The van der Waals surface area contributed by atoms with Crippen molar-refractivity contribution in [2.75, 3.05) is 6.54 Å². The van der Waals surface area contributed by atoms with Crippen molar-refractivity contribution in [1.29, 1.82) is 0 Å². The first-order valence-electron chi connectivity index (χ1n) is 6.12. The number of pyridine rings is 1. The van der Waals surface area contributed by atoms with Crippen molar-refractivity contribution in [3.8, 4) is 0 Å². The molecule has 1 heterocycles. The van der Waals surface area contributed by atoms with Gasteiger partial charge < -0.3 is 10.4 Å². The summed E-state index contributed by atoms with van der Waals surface area (Å²) >= 11 is 0. The van der Waals surface area contributed by atoms with E-state index in [2.05, 4.69) is 17.2 Å². The van der Waals surface area contributed by atoms with Gasteiger partial charge in [0.15, 0.2) is 0 Å². The predicted molar refractivity (Wildman–Crippen MR) is 64.1 cm³/mol. The smallest absolute Gasteiger partial charge is 0.107 e. The molecule has 88 valence electrons. The Morgan fingerprint density at radius 1 is 1.44 bits per heavy atom. The zero-order chi connectivity index (χ0) is 11.4. The molecule has 0 saturated heterocycles. The monoisotopic (exact) mass is 220 g/mol. The molecule has 0 bridgehead atoms. The molecule has 0 spiro atoms. The Morgan fingerprint density at radius 2 is 2.19 bits per heavy atom. The Kier molecular flexibility index (Phi) is 3.56. The van der Waals surface area contributed by atoms with Crippen LogP contribution in [0.3, 0.4) is 0 Å². The van der Waals surface area contributed by atoms with Crippen LogP contribution in [-0.2, 0) is 5.60 Å². The van der Waals surface area contributed by atoms with E-state index in [1.165, 1.54) is 0 Å². The quantitative estimate of drug-likeness (QED) is 0.816. The minimum Gasteiger partial charge on any atom is -0.384 e. The van der Waals surface area contributed by atoms with Crippen molar-refractivity contribution in [2.45, 2.75) is 44.2 Å². The van der Waals surface area contributed by atoms with Crippen LogP contribution in [0, 0.1) is 0 Å². The third-order valence-electron chi connectivity index (χ3n) is 3.45. The highest BCUT2D eigenvalue weighted by atomic mass is 16.3. The Morgan fingerprint density at radius 3 is 2.75 bits per heavy atom. The summed E-state index contributed by atoms with van der Waals surface area (Å²) in [5.74, 6) is 0. The van der Waals surface area contributed by atoms with Crippen molar-refractivity contribution < 1.29 is 5.11 Å². The number of aromatic nitrogens is 1. The predicted octanol–water partition coefficient (Wildman–Crippen LogP) is 1.82. The SMILES string of the molecule is CCNC1CCC(O)(c2ccccn2)CC1. The molecule has 1 aromatic heterocycles. The van der Waals surface area contributed by atoms with Crippen LogP contribution in [0.5, 0.6) is 0 Å². The first-order valence-corrected chi connectivity index (χ1v) is 6.12. The molecule has 1 fully saturated rings. The fourth-order valence-corrected chi connectivity index (χ4v) is 2.48. The molecule has 2 N–H and O–H groups in total. The highest BCUT2D eigenvalue weighted by Crippen LogP contribution is 2.35. The number of rotatable bonds is 3. The summed E-state index contributed by atoms with van der Waals surface area (Å²) in [6, 6.07) is 6.32. The maximum absolute atomic E-state index is 10.5. The Bertz CT molecular complexity index is 318. The summed E-state index contributed by atoms with van der Waals surface area (Å²) in [5.41, 5.74) is 0.123. The van der Waals surface area contributed by atoms with E-state index < -0.39 is 5.60 Å². The molecule has 1 aromatic rings. The van der Waals surface area contributed by atoms with Gasteiger partial charge in [0.1, 0.15) is 5.60 Å². The zero-order valence-electron chi connectivity index (χ0n) is 9.82. The van der Waals surface area contributed by atoms with Gasteiger partial charge in [-0.05, 0) is 44.4 Å². The van der Waals surface area contributed by atoms with Gasteiger partial charge in [0.2, 0.25) is 0 Å². The van der Waals surface area contributed by atoms with Gasteiger partial charge in [-0.3, -0.25) is 4.98 Å². The van der Waals surface area contributed by atoms with Gasteiger partial charge in [-0.25, -0.2) is 0 Å². The third-order valence-corrected chi connectivity index (χ3v) is 3.45. The minimum absolute atomic E-state index is 0.564. The molecule has 0 atom stereocenters. The van der Waals surface area contributed by atoms with Gasteiger partial charge in [0.05, 0.1) is 5.69 Å². The van der Waals surface area contributed by atoms with Gasteiger partial charge in [-0.15, -0.1) is 0 Å². The van der Waals surface area contributed by atoms with Crippen LogP contribution in [-0.4, -0.2) is 22.7 Å². The standard InChI is InChI=1S/C13H20N2O/c1-2-14-11-6-8-13(16,9-7-11)12-5-3-4-10-15-12/h3-5,10-11,14,16H,2,6-9H2,1H3. The second-order valence-corrected chi connectivity index (χ2v) is 4.58. The lowest BCUT2D eigenvalue weighted by Crippen LogP contribution is -2.40. The zero-order valence-corrected chi connectivity index (χ0v) is 9.82. The van der Waals surface area contributed by atoms with E-state index in [0.717, 1.165) is 37.9 Å². The lowest BCUT2D eigenvalue weighted by atomic mass is 9.80. The van der Waals surface area contributed by atoms with Crippen LogP contribution in [0.1, 0.15) is 38.3 Å². The highest BCUT2D eigenvalue weighted by Gasteiger charge is 2.35. The van der Waals surface area contributed by atoms with Crippen LogP contribution in [0.15, 0.2) is 24.4 Å². The normalized spacial score (nSPS) is 30.2. The largest absolute Gasteiger partial charge is 0.384 e. The Hall–Kier alpha value is -0.930. The van der Waals surface area contributed by atoms with Crippen LogP contribution >= 0.6 is 0 Å². The van der Waals surface area contributed by atoms with Crippen molar-refractivity contribution in [3.05, 3.63) is 30.1 Å². The van der Waals surface area contributed by atoms with Crippen LogP contribution in [0.25, 0.3) is 0 Å². The number of nitrogens with one attached hydrogen (secondary N) is 1. The molecule has 2 rings (SSSR count). The van der Waals surface area contributed by atoms with Crippen LogP contribution < -0.4 is 5.32 Å². The molecule has 0 aliphatic heterocycles. The molecule has 0 aromatic carbocycles. The molecule has 1 saturated carbocycles. The minimum atomic E-state index is -0.701. The number of hydrogen-bond acceptors (Lipinski definition) is 3. The van der Waals surface area contributed by atoms with Gasteiger partial charge in [0, 0.05) is 12.2 Å². The number of hydrogen-bond donors (Lipinski definition) is 2. The van der Waals surface area contributed by atoms with Gasteiger partial charge in [-0.2, -0.15) is 0 Å². The third kappa shape index (κ3) is 2.42. The highest BCUT2D eigenvalue weighted by molar-refractivity contribution is 5.14. The van der Waals surface area contributed by atoms with Gasteiger partial charge in [0.25, 0.3) is 0 Å². The number of aliphatic hydroxyl groups is 1. The summed E-state index contributed by atoms with van der Waals surface area (Å²) in [5, 5.41) is 14.0. The molecule has 3 nitrogen and oxygen atoms in total. The molecule has 3 heteroatoms. The molecule has 16 heavy (non-hydrogen) atoms. The lowest BCUT2D eigenvalue weighted by Gasteiger charge is -2.35. The average Bonchev–Trinajstić information content (AvgIpc) is 2.34. The van der Waals surface area contributed by atoms with Crippen LogP contribution in [0.4, 0.5) is 0 Å². The summed E-state index contributed by atoms with van der Waals surface area (Å²) in [7, 11) is 0. The van der Waals surface area contributed by atoms with E-state index in [-0.39, 0.29) is 0 Å². The number of nitrogens with zero attached hydrogens (tertiary/aromatic N) is 1. The topological polar surface area (TPSA) is 45.1 Å². The second-order valence-electron chi connectivity index (χ2n) is 4.58. The van der Waals surface area contributed by atoms with Crippen molar-refractivity contribution >= 4 is 0 Å². The molecular formula is C13H20N2O. The average molecular weight is 220 g/mol. The van der Waals surface area contributed by atoms with E-state index in [4.69, 9.17) is 0 Å². The van der Waals surface area contributed by atoms with E-state index >= 15 is 0 Å². The fraction of sp³-hybridized carbons (Fsp3) is 0.615. The second kappa shape index (κ2) is 4.93. The van der Waals surface area contributed by atoms with E-state index in [1.807, 2.05) is 18.2 Å². The molecule has 1 aliphatic rings. The summed E-state index contributed by atoms with van der Waals surface area (Å²) in [4.78, 5) is 4.27. The summed E-state index contributed by atoms with van der Waals surface area (Å²) in [6.45, 7) is 3.13. The maximum Gasteiger partial charge on any atom is 0.107 e. The van der Waals surface area contributed by atoms with Crippen LogP contribution in [0.2, 0.25) is 0 Å². The first kappa shape index (κ1) is 11.6. The first-order chi connectivity index (χ1) is 7.74. The Balaban J connectivity index is 2.01. The van der Waals surface area contributed by atoms with Crippen molar-refractivity contribution in [1.82, 2.24) is 10.3 Å². The van der Waals surface area contributed by atoms with E-state index in [0.29, 0.717) is 6.04 Å². The lowest BCUT2D eigenvalue weighted by molar-refractivity contribution is -0.0120. The van der Waals surface area contributed by atoms with Gasteiger partial charge >= 0.3 is 0 Å².